The number of hydrogen-bond acceptors (Lipinski definition) is 4. The van der Waals surface area contributed by atoms with E-state index >= 15 is 0 Å². The molecule has 120 valence electrons. The van der Waals surface area contributed by atoms with Gasteiger partial charge in [0.2, 0.25) is 0 Å². The summed E-state index contributed by atoms with van der Waals surface area (Å²) >= 11 is 0. The van der Waals surface area contributed by atoms with E-state index in [2.05, 4.69) is 4.98 Å². The molecule has 0 aliphatic heterocycles. The summed E-state index contributed by atoms with van der Waals surface area (Å²) in [7, 11) is 0. The van der Waals surface area contributed by atoms with Crippen molar-refractivity contribution in [3.63, 3.8) is 0 Å². The summed E-state index contributed by atoms with van der Waals surface area (Å²) in [5.74, 6) is 0.523. The van der Waals surface area contributed by atoms with E-state index in [9.17, 15) is 9.90 Å². The van der Waals surface area contributed by atoms with Crippen molar-refractivity contribution in [1.82, 2.24) is 4.98 Å². The first-order valence-corrected chi connectivity index (χ1v) is 8.52. The second-order valence-corrected chi connectivity index (χ2v) is 6.76. The number of ether oxygens (including phenoxy) is 1. The second kappa shape index (κ2) is 8.75. The summed E-state index contributed by atoms with van der Waals surface area (Å²) < 4.78 is 5.86. The molecular weight excluding hydrogens is 285 g/mol. The topological polar surface area (TPSA) is 62.2 Å². The van der Waals surface area contributed by atoms with Crippen LogP contribution in [-0.2, 0) is 4.79 Å². The number of carbonyl (C=O) groups excluding carboxylic acids is 1. The number of carboxylic acids is 1. The maximum atomic E-state index is 10.9. The van der Waals surface area contributed by atoms with Gasteiger partial charge in [0, 0.05) is 17.6 Å². The Balaban J connectivity index is 0.00000192. The van der Waals surface area contributed by atoms with Crippen LogP contribution < -0.4 is 28.7 Å². The molecule has 0 N–H and O–H groups in total. The van der Waals surface area contributed by atoms with Crippen molar-refractivity contribution in [3.05, 3.63) is 24.0 Å². The van der Waals surface area contributed by atoms with E-state index in [1.807, 2.05) is 12.1 Å². The van der Waals surface area contributed by atoms with Crippen molar-refractivity contribution < 1.29 is 33.5 Å². The molecule has 2 unspecified atom stereocenters. The summed E-state index contributed by atoms with van der Waals surface area (Å²) in [6.07, 6.45) is 10.6. The van der Waals surface area contributed by atoms with Gasteiger partial charge in [-0.1, -0.05) is 19.3 Å². The summed E-state index contributed by atoms with van der Waals surface area (Å²) in [4.78, 5) is 15.4. The molecule has 3 rings (SSSR count). The van der Waals surface area contributed by atoms with Gasteiger partial charge in [-0.05, 0) is 56.1 Å². The molecule has 2 fully saturated rings. The molecule has 0 amide bonds. The first-order valence-electron chi connectivity index (χ1n) is 8.52. The van der Waals surface area contributed by atoms with Crippen molar-refractivity contribution >= 4 is 5.97 Å². The van der Waals surface area contributed by atoms with E-state index in [0.29, 0.717) is 18.8 Å². The van der Waals surface area contributed by atoms with Crippen molar-refractivity contribution in [2.24, 2.45) is 11.8 Å². The van der Waals surface area contributed by atoms with E-state index in [4.69, 9.17) is 4.74 Å². The Morgan fingerprint density at radius 2 is 1.96 bits per heavy atom. The quantitative estimate of drug-likeness (QED) is 0.699. The van der Waals surface area contributed by atoms with Crippen LogP contribution in [0.25, 0.3) is 0 Å². The average Bonchev–Trinajstić information content (AvgIpc) is 3.05. The number of rotatable bonds is 5. The van der Waals surface area contributed by atoms with E-state index < -0.39 is 5.97 Å². The molecule has 0 saturated heterocycles. The van der Waals surface area contributed by atoms with Gasteiger partial charge in [0.1, 0.15) is 5.75 Å². The summed E-state index contributed by atoms with van der Waals surface area (Å²) in [5.41, 5.74) is 0.980. The fourth-order valence-corrected chi connectivity index (χ4v) is 3.75. The predicted molar refractivity (Wildman–Crippen MR) is 81.4 cm³/mol. The Bertz CT molecular complexity index is 499. The van der Waals surface area contributed by atoms with Crippen LogP contribution >= 0.6 is 0 Å². The minimum Gasteiger partial charge on any atom is -0.550 e. The molecule has 0 aromatic carbocycles. The molecule has 1 aromatic heterocycles. The van der Waals surface area contributed by atoms with Gasteiger partial charge in [0.05, 0.1) is 12.8 Å². The number of carboxylic acid groups (broad SMARTS) is 1. The summed E-state index contributed by atoms with van der Waals surface area (Å²) in [5, 5.41) is 10.9. The zero-order valence-corrected chi connectivity index (χ0v) is 14.0. The van der Waals surface area contributed by atoms with Crippen LogP contribution in [0.4, 0.5) is 0 Å². The van der Waals surface area contributed by atoms with Gasteiger partial charge in [0.25, 0.3) is 0 Å². The van der Waals surface area contributed by atoms with Gasteiger partial charge in [-0.15, -0.1) is 0 Å². The molecule has 0 radical (unpaired) electrons. The molecular formula is C18H24LiNO3. The van der Waals surface area contributed by atoms with Crippen LogP contribution in [-0.4, -0.2) is 17.6 Å². The standard InChI is InChI=1S/C18H25NO3.Li/c20-18(21)15-7-6-14(10-15)17-9-8-16(11-19-17)22-12-13-4-2-1-3-5-13;/h8-9,11,13-15H,1-7,10,12H2,(H,20,21);/q;+1/p-1. The van der Waals surface area contributed by atoms with Crippen molar-refractivity contribution in [2.45, 2.75) is 57.3 Å². The maximum absolute atomic E-state index is 10.9. The van der Waals surface area contributed by atoms with Crippen LogP contribution in [0.5, 0.6) is 5.75 Å². The molecule has 4 nitrogen and oxygen atoms in total. The number of carbonyl (C=O) groups is 1. The molecule has 0 spiro atoms. The maximum Gasteiger partial charge on any atom is 1.00 e. The van der Waals surface area contributed by atoms with Crippen LogP contribution in [0, 0.1) is 11.8 Å². The van der Waals surface area contributed by atoms with Gasteiger partial charge in [0.15, 0.2) is 0 Å². The Hall–Kier alpha value is -0.983. The van der Waals surface area contributed by atoms with Crippen molar-refractivity contribution in [3.8, 4) is 5.75 Å². The van der Waals surface area contributed by atoms with Crippen LogP contribution in [0.15, 0.2) is 18.3 Å². The van der Waals surface area contributed by atoms with Crippen LogP contribution in [0.1, 0.15) is 63.0 Å². The fraction of sp³-hybridized carbons (Fsp3) is 0.667. The number of nitrogens with zero attached hydrogens (tertiary/aromatic N) is 1. The third-order valence-electron chi connectivity index (χ3n) is 5.15. The zero-order chi connectivity index (χ0) is 15.4. The van der Waals surface area contributed by atoms with Gasteiger partial charge < -0.3 is 14.6 Å². The van der Waals surface area contributed by atoms with Crippen molar-refractivity contribution in [2.75, 3.05) is 6.61 Å². The first kappa shape index (κ1) is 18.4. The number of pyridine rings is 1. The molecule has 1 heterocycles. The third kappa shape index (κ3) is 4.99. The zero-order valence-electron chi connectivity index (χ0n) is 14.0. The second-order valence-electron chi connectivity index (χ2n) is 6.76. The fourth-order valence-electron chi connectivity index (χ4n) is 3.75. The molecule has 0 bridgehead atoms. The molecule has 2 aliphatic carbocycles. The van der Waals surface area contributed by atoms with Gasteiger partial charge >= 0.3 is 18.9 Å². The van der Waals surface area contributed by atoms with E-state index in [-0.39, 0.29) is 30.7 Å². The Morgan fingerprint density at radius 1 is 1.17 bits per heavy atom. The van der Waals surface area contributed by atoms with Gasteiger partial charge in [-0.3, -0.25) is 4.98 Å². The number of aliphatic carboxylic acids is 1. The largest absolute Gasteiger partial charge is 1.00 e. The SMILES string of the molecule is O=C([O-])C1CCC(c2ccc(OCC3CCCCC3)cn2)C1.[Li+]. The molecule has 5 heteroatoms. The monoisotopic (exact) mass is 309 g/mol. The normalized spacial score (nSPS) is 24.9. The molecule has 2 atom stereocenters. The van der Waals surface area contributed by atoms with E-state index in [0.717, 1.165) is 24.5 Å². The molecule has 23 heavy (non-hydrogen) atoms. The molecule has 1 aromatic rings. The average molecular weight is 309 g/mol. The van der Waals surface area contributed by atoms with Gasteiger partial charge in [-0.25, -0.2) is 0 Å². The van der Waals surface area contributed by atoms with Crippen molar-refractivity contribution in [1.29, 1.82) is 0 Å². The van der Waals surface area contributed by atoms with Crippen LogP contribution in [0.3, 0.4) is 0 Å². The minimum atomic E-state index is -0.921. The third-order valence-corrected chi connectivity index (χ3v) is 5.15. The number of hydrogen-bond donors (Lipinski definition) is 0. The van der Waals surface area contributed by atoms with E-state index in [1.165, 1.54) is 32.1 Å². The minimum absolute atomic E-state index is 0. The smallest absolute Gasteiger partial charge is 0.550 e. The number of aromatic nitrogens is 1. The predicted octanol–water partition coefficient (Wildman–Crippen LogP) is -0.322. The van der Waals surface area contributed by atoms with Crippen LogP contribution in [0.2, 0.25) is 0 Å². The first-order chi connectivity index (χ1) is 10.7. The summed E-state index contributed by atoms with van der Waals surface area (Å²) in [6, 6.07) is 3.95. The van der Waals surface area contributed by atoms with Gasteiger partial charge in [-0.2, -0.15) is 0 Å². The Labute approximate surface area is 150 Å². The molecule has 2 aliphatic rings. The molecule has 2 saturated carbocycles. The summed E-state index contributed by atoms with van der Waals surface area (Å²) in [6.45, 7) is 0.789. The van der Waals surface area contributed by atoms with E-state index in [1.54, 1.807) is 6.20 Å². The Kier molecular flexibility index (Phi) is 6.99. The Morgan fingerprint density at radius 3 is 2.57 bits per heavy atom.